The van der Waals surface area contributed by atoms with Gasteiger partial charge in [0.2, 0.25) is 0 Å². The molecular formula is C13H18Cl2N2O. The molecule has 0 bridgehead atoms. The molecule has 1 fully saturated rings. The van der Waals surface area contributed by atoms with Crippen LogP contribution in [0, 0.1) is 0 Å². The van der Waals surface area contributed by atoms with E-state index in [0.717, 1.165) is 44.3 Å². The smallest absolute Gasteiger partial charge is 0.163 e. The van der Waals surface area contributed by atoms with E-state index in [0.29, 0.717) is 16.1 Å². The molecule has 3 nitrogen and oxygen atoms in total. The molecule has 2 heterocycles. The molecule has 100 valence electrons. The van der Waals surface area contributed by atoms with E-state index >= 15 is 0 Å². The molecule has 1 unspecified atom stereocenters. The van der Waals surface area contributed by atoms with Crippen molar-refractivity contribution in [3.63, 3.8) is 0 Å². The molecule has 1 aromatic heterocycles. The van der Waals surface area contributed by atoms with Crippen LogP contribution in [-0.4, -0.2) is 16.6 Å². The van der Waals surface area contributed by atoms with E-state index in [9.17, 15) is 0 Å². The Morgan fingerprint density at radius 1 is 1.22 bits per heavy atom. The van der Waals surface area contributed by atoms with Crippen LogP contribution in [0.3, 0.4) is 0 Å². The summed E-state index contributed by atoms with van der Waals surface area (Å²) in [6, 6.07) is 0. The van der Waals surface area contributed by atoms with Gasteiger partial charge in [-0.3, -0.25) is 0 Å². The van der Waals surface area contributed by atoms with Gasteiger partial charge in [-0.05, 0) is 32.6 Å². The fourth-order valence-electron chi connectivity index (χ4n) is 2.23. The predicted octanol–water partition coefficient (Wildman–Crippen LogP) is 4.15. The maximum atomic E-state index is 6.20. The first kappa shape index (κ1) is 14.0. The van der Waals surface area contributed by atoms with Gasteiger partial charge in [0, 0.05) is 12.2 Å². The maximum absolute atomic E-state index is 6.20. The molecular weight excluding hydrogens is 271 g/mol. The molecule has 1 aliphatic rings. The lowest BCUT2D eigenvalue weighted by Gasteiger charge is -2.32. The van der Waals surface area contributed by atoms with Gasteiger partial charge in [-0.2, -0.15) is 0 Å². The van der Waals surface area contributed by atoms with Crippen LogP contribution in [0.2, 0.25) is 10.3 Å². The summed E-state index contributed by atoms with van der Waals surface area (Å²) in [7, 11) is 0. The molecule has 5 heteroatoms. The van der Waals surface area contributed by atoms with Crippen molar-refractivity contribution in [3.05, 3.63) is 21.7 Å². The van der Waals surface area contributed by atoms with Crippen LogP contribution in [0.4, 0.5) is 0 Å². The summed E-state index contributed by atoms with van der Waals surface area (Å²) < 4.78 is 5.82. The number of hydrogen-bond acceptors (Lipinski definition) is 3. The molecule has 1 aliphatic heterocycles. The van der Waals surface area contributed by atoms with Crippen molar-refractivity contribution in [1.82, 2.24) is 9.97 Å². The van der Waals surface area contributed by atoms with Crippen LogP contribution in [0.15, 0.2) is 0 Å². The van der Waals surface area contributed by atoms with Crippen LogP contribution >= 0.6 is 23.2 Å². The molecule has 0 amide bonds. The van der Waals surface area contributed by atoms with Gasteiger partial charge in [-0.15, -0.1) is 0 Å². The van der Waals surface area contributed by atoms with Gasteiger partial charge in [-0.25, -0.2) is 9.97 Å². The van der Waals surface area contributed by atoms with Gasteiger partial charge in [-0.1, -0.05) is 36.5 Å². The third kappa shape index (κ3) is 2.79. The van der Waals surface area contributed by atoms with Gasteiger partial charge in [0.05, 0.1) is 0 Å². The summed E-state index contributed by atoms with van der Waals surface area (Å²) in [5.74, 6) is 0.608. The van der Waals surface area contributed by atoms with E-state index in [1.165, 1.54) is 0 Å². The van der Waals surface area contributed by atoms with Crippen LogP contribution in [0.25, 0.3) is 0 Å². The minimum Gasteiger partial charge on any atom is -0.367 e. The number of hydrogen-bond donors (Lipinski definition) is 0. The van der Waals surface area contributed by atoms with E-state index < -0.39 is 5.60 Å². The monoisotopic (exact) mass is 288 g/mol. The summed E-state index contributed by atoms with van der Waals surface area (Å²) in [5.41, 5.74) is 0.389. The summed E-state index contributed by atoms with van der Waals surface area (Å²) in [5, 5.41) is 0.921. The fraction of sp³-hybridized carbons (Fsp3) is 0.692. The minimum atomic E-state index is -0.448. The number of ether oxygens (including phenoxy) is 1. The van der Waals surface area contributed by atoms with E-state index in [2.05, 4.69) is 16.9 Å². The largest absolute Gasteiger partial charge is 0.367 e. The lowest BCUT2D eigenvalue weighted by molar-refractivity contribution is -0.0760. The lowest BCUT2D eigenvalue weighted by atomic mass is 9.95. The quantitative estimate of drug-likeness (QED) is 0.784. The second-order valence-corrected chi connectivity index (χ2v) is 5.61. The Hall–Kier alpha value is -0.380. The number of rotatable bonds is 3. The van der Waals surface area contributed by atoms with Gasteiger partial charge in [0.25, 0.3) is 0 Å². The average Bonchev–Trinajstić information content (AvgIpc) is 2.34. The number of halogens is 2. The van der Waals surface area contributed by atoms with Crippen LogP contribution < -0.4 is 0 Å². The van der Waals surface area contributed by atoms with Gasteiger partial charge >= 0.3 is 0 Å². The van der Waals surface area contributed by atoms with Crippen molar-refractivity contribution >= 4 is 23.2 Å². The van der Waals surface area contributed by atoms with Gasteiger partial charge < -0.3 is 4.74 Å². The molecule has 0 N–H and O–H groups in total. The number of aromatic nitrogens is 2. The second-order valence-electron chi connectivity index (χ2n) is 4.89. The van der Waals surface area contributed by atoms with Crippen molar-refractivity contribution in [1.29, 1.82) is 0 Å². The normalized spacial score (nSPS) is 24.2. The zero-order valence-corrected chi connectivity index (χ0v) is 12.3. The minimum absolute atomic E-state index is 0.448. The molecule has 0 radical (unpaired) electrons. The summed E-state index contributed by atoms with van der Waals surface area (Å²) >= 11 is 12.4. The highest BCUT2D eigenvalue weighted by atomic mass is 35.5. The molecule has 0 aliphatic carbocycles. The third-order valence-electron chi connectivity index (χ3n) is 3.35. The zero-order chi connectivity index (χ0) is 13.2. The standard InChI is InChI=1S/C13H18Cl2N2O/c1-3-6-9-10(14)16-12(17-11(9)15)13(2)7-4-5-8-18-13/h3-8H2,1-2H3. The zero-order valence-electron chi connectivity index (χ0n) is 10.8. The third-order valence-corrected chi connectivity index (χ3v) is 3.97. The van der Waals surface area contributed by atoms with E-state index in [-0.39, 0.29) is 0 Å². The van der Waals surface area contributed by atoms with Crippen molar-refractivity contribution < 1.29 is 4.74 Å². The molecule has 0 saturated carbocycles. The van der Waals surface area contributed by atoms with Crippen molar-refractivity contribution in [2.75, 3.05) is 6.61 Å². The summed E-state index contributed by atoms with van der Waals surface area (Å²) in [4.78, 5) is 8.79. The van der Waals surface area contributed by atoms with Gasteiger partial charge in [0.1, 0.15) is 15.9 Å². The van der Waals surface area contributed by atoms with Crippen LogP contribution in [0.1, 0.15) is 50.9 Å². The first-order valence-electron chi connectivity index (χ1n) is 6.43. The molecule has 0 aromatic carbocycles. The first-order chi connectivity index (χ1) is 8.57. The Labute approximate surface area is 118 Å². The highest BCUT2D eigenvalue weighted by Gasteiger charge is 2.34. The SMILES string of the molecule is CCCc1c(Cl)nc(C2(C)CCCCO2)nc1Cl. The highest BCUT2D eigenvalue weighted by Crippen LogP contribution is 2.35. The van der Waals surface area contributed by atoms with E-state index in [4.69, 9.17) is 27.9 Å². The first-order valence-corrected chi connectivity index (χ1v) is 7.19. The highest BCUT2D eigenvalue weighted by molar-refractivity contribution is 6.34. The Balaban J connectivity index is 2.34. The molecule has 1 atom stereocenters. The second kappa shape index (κ2) is 5.72. The summed E-state index contributed by atoms with van der Waals surface area (Å²) in [6.45, 7) is 4.82. The van der Waals surface area contributed by atoms with Crippen LogP contribution in [0.5, 0.6) is 0 Å². The Bertz CT molecular complexity index is 408. The Morgan fingerprint density at radius 2 is 1.89 bits per heavy atom. The predicted molar refractivity (Wildman–Crippen MR) is 73.2 cm³/mol. The lowest BCUT2D eigenvalue weighted by Crippen LogP contribution is -2.32. The van der Waals surface area contributed by atoms with Gasteiger partial charge in [0.15, 0.2) is 5.82 Å². The molecule has 0 spiro atoms. The molecule has 2 rings (SSSR count). The van der Waals surface area contributed by atoms with E-state index in [1.54, 1.807) is 0 Å². The van der Waals surface area contributed by atoms with Crippen molar-refractivity contribution in [2.24, 2.45) is 0 Å². The molecule has 18 heavy (non-hydrogen) atoms. The average molecular weight is 289 g/mol. The maximum Gasteiger partial charge on any atom is 0.163 e. The fourth-order valence-corrected chi connectivity index (χ4v) is 2.81. The van der Waals surface area contributed by atoms with Crippen LogP contribution in [-0.2, 0) is 16.8 Å². The Kier molecular flexibility index (Phi) is 4.46. The van der Waals surface area contributed by atoms with Crippen molar-refractivity contribution in [3.8, 4) is 0 Å². The Morgan fingerprint density at radius 3 is 2.39 bits per heavy atom. The molecule has 1 aromatic rings. The number of nitrogens with zero attached hydrogens (tertiary/aromatic N) is 2. The molecule has 1 saturated heterocycles. The topological polar surface area (TPSA) is 35.0 Å². The van der Waals surface area contributed by atoms with Crippen molar-refractivity contribution in [2.45, 2.75) is 51.6 Å². The summed E-state index contributed by atoms with van der Waals surface area (Å²) in [6.07, 6.45) is 4.88. The van der Waals surface area contributed by atoms with E-state index in [1.807, 2.05) is 6.92 Å².